The molecule has 1 heterocycles. The molecule has 1 fully saturated rings. The van der Waals surface area contributed by atoms with Gasteiger partial charge in [-0.1, -0.05) is 13.3 Å². The molecule has 3 N–H and O–H groups in total. The highest BCUT2D eigenvalue weighted by atomic mass is 32.2. The van der Waals surface area contributed by atoms with Crippen molar-refractivity contribution in [3.8, 4) is 0 Å². The number of aromatic nitrogens is 1. The Kier molecular flexibility index (Phi) is 3.96. The first kappa shape index (κ1) is 14.1. The van der Waals surface area contributed by atoms with Gasteiger partial charge in [0.2, 0.25) is 10.0 Å². The highest BCUT2D eigenvalue weighted by molar-refractivity contribution is 7.89. The second-order valence-corrected chi connectivity index (χ2v) is 6.42. The summed E-state index contributed by atoms with van der Waals surface area (Å²) in [4.78, 5) is 12.0. The molecule has 0 aliphatic heterocycles. The van der Waals surface area contributed by atoms with Gasteiger partial charge in [0.15, 0.2) is 0 Å². The zero-order valence-corrected chi connectivity index (χ0v) is 11.7. The van der Waals surface area contributed by atoms with Crippen molar-refractivity contribution in [2.24, 2.45) is 5.14 Å². The number of carbonyl (C=O) groups excluding carboxylic acids is 1. The van der Waals surface area contributed by atoms with E-state index in [4.69, 9.17) is 5.14 Å². The Bertz CT molecular complexity index is 573. The Labute approximate surface area is 113 Å². The summed E-state index contributed by atoms with van der Waals surface area (Å²) in [6, 6.07) is 1.58. The van der Waals surface area contributed by atoms with E-state index in [-0.39, 0.29) is 16.8 Å². The topological polar surface area (TPSA) is 94.2 Å². The van der Waals surface area contributed by atoms with E-state index in [2.05, 4.69) is 5.32 Å². The summed E-state index contributed by atoms with van der Waals surface area (Å²) in [6.45, 7) is 2.63. The molecule has 1 aromatic heterocycles. The third-order valence-electron chi connectivity index (χ3n) is 3.14. The van der Waals surface area contributed by atoms with Crippen molar-refractivity contribution in [1.29, 1.82) is 0 Å². The SMILES string of the molecule is CCCCNC(=O)c1cc(S(N)(=O)=O)cn1C1CC1. The molecular weight excluding hydrogens is 266 g/mol. The normalized spacial score (nSPS) is 15.5. The maximum Gasteiger partial charge on any atom is 0.267 e. The number of rotatable bonds is 6. The van der Waals surface area contributed by atoms with Gasteiger partial charge in [0.05, 0.1) is 0 Å². The minimum atomic E-state index is -3.77. The Balaban J connectivity index is 2.23. The van der Waals surface area contributed by atoms with E-state index >= 15 is 0 Å². The maximum atomic E-state index is 12.0. The highest BCUT2D eigenvalue weighted by Crippen LogP contribution is 2.37. The molecule has 0 saturated heterocycles. The molecule has 1 saturated carbocycles. The molecule has 0 radical (unpaired) electrons. The molecule has 1 aromatic rings. The minimum Gasteiger partial charge on any atom is -0.351 e. The molecule has 0 bridgehead atoms. The van der Waals surface area contributed by atoms with Gasteiger partial charge in [-0.05, 0) is 25.3 Å². The lowest BCUT2D eigenvalue weighted by Crippen LogP contribution is -2.26. The lowest BCUT2D eigenvalue weighted by molar-refractivity contribution is 0.0943. The molecular formula is C12H19N3O3S. The van der Waals surface area contributed by atoms with Crippen molar-refractivity contribution in [3.63, 3.8) is 0 Å². The van der Waals surface area contributed by atoms with E-state index in [1.165, 1.54) is 12.3 Å². The molecule has 1 amide bonds. The average Bonchev–Trinajstić information content (AvgIpc) is 3.06. The molecule has 1 aliphatic rings. The van der Waals surface area contributed by atoms with E-state index in [0.29, 0.717) is 12.2 Å². The molecule has 19 heavy (non-hydrogen) atoms. The Morgan fingerprint density at radius 1 is 1.53 bits per heavy atom. The second-order valence-electron chi connectivity index (χ2n) is 4.85. The van der Waals surface area contributed by atoms with Crippen molar-refractivity contribution in [2.75, 3.05) is 6.54 Å². The predicted molar refractivity (Wildman–Crippen MR) is 71.3 cm³/mol. The smallest absolute Gasteiger partial charge is 0.267 e. The Morgan fingerprint density at radius 3 is 2.74 bits per heavy atom. The highest BCUT2D eigenvalue weighted by Gasteiger charge is 2.29. The van der Waals surface area contributed by atoms with Gasteiger partial charge in [0.25, 0.3) is 5.91 Å². The summed E-state index contributed by atoms with van der Waals surface area (Å²) in [5.74, 6) is -0.241. The van der Waals surface area contributed by atoms with Crippen LogP contribution in [0.4, 0.5) is 0 Å². The van der Waals surface area contributed by atoms with Gasteiger partial charge in [-0.2, -0.15) is 0 Å². The number of hydrogen-bond acceptors (Lipinski definition) is 3. The summed E-state index contributed by atoms with van der Waals surface area (Å²) >= 11 is 0. The van der Waals surface area contributed by atoms with Crippen LogP contribution >= 0.6 is 0 Å². The summed E-state index contributed by atoms with van der Waals surface area (Å²) in [6.07, 6.45) is 5.29. The Hall–Kier alpha value is -1.34. The van der Waals surface area contributed by atoms with Crippen LogP contribution in [-0.2, 0) is 10.0 Å². The van der Waals surface area contributed by atoms with Crippen LogP contribution in [0.5, 0.6) is 0 Å². The Morgan fingerprint density at radius 2 is 2.21 bits per heavy atom. The molecule has 7 heteroatoms. The number of nitrogens with zero attached hydrogens (tertiary/aromatic N) is 1. The summed E-state index contributed by atoms with van der Waals surface area (Å²) in [5, 5.41) is 7.90. The van der Waals surface area contributed by atoms with E-state index in [0.717, 1.165) is 25.7 Å². The molecule has 0 spiro atoms. The van der Waals surface area contributed by atoms with Crippen molar-refractivity contribution < 1.29 is 13.2 Å². The van der Waals surface area contributed by atoms with Crippen molar-refractivity contribution in [1.82, 2.24) is 9.88 Å². The quantitative estimate of drug-likeness (QED) is 0.763. The first-order valence-electron chi connectivity index (χ1n) is 6.46. The number of amides is 1. The van der Waals surface area contributed by atoms with E-state index in [9.17, 15) is 13.2 Å². The fourth-order valence-corrected chi connectivity index (χ4v) is 2.45. The average molecular weight is 285 g/mol. The monoisotopic (exact) mass is 285 g/mol. The van der Waals surface area contributed by atoms with Gasteiger partial charge in [-0.15, -0.1) is 0 Å². The number of unbranched alkanes of at least 4 members (excludes halogenated alkanes) is 1. The van der Waals surface area contributed by atoms with Gasteiger partial charge in [-0.25, -0.2) is 13.6 Å². The first-order valence-corrected chi connectivity index (χ1v) is 8.01. The molecule has 6 nitrogen and oxygen atoms in total. The zero-order valence-electron chi connectivity index (χ0n) is 10.9. The number of sulfonamides is 1. The molecule has 0 atom stereocenters. The second kappa shape index (κ2) is 5.34. The van der Waals surface area contributed by atoms with Gasteiger partial charge in [0, 0.05) is 18.8 Å². The van der Waals surface area contributed by atoms with E-state index < -0.39 is 10.0 Å². The van der Waals surface area contributed by atoms with E-state index in [1.54, 1.807) is 4.57 Å². The van der Waals surface area contributed by atoms with Gasteiger partial charge in [-0.3, -0.25) is 4.79 Å². The fraction of sp³-hybridized carbons (Fsp3) is 0.583. The number of primary sulfonamides is 1. The van der Waals surface area contributed by atoms with Crippen LogP contribution in [0.3, 0.4) is 0 Å². The lowest BCUT2D eigenvalue weighted by atomic mass is 10.3. The van der Waals surface area contributed by atoms with Crippen LogP contribution in [0.1, 0.15) is 49.1 Å². The molecule has 2 rings (SSSR count). The van der Waals surface area contributed by atoms with Gasteiger partial charge < -0.3 is 9.88 Å². The van der Waals surface area contributed by atoms with Gasteiger partial charge >= 0.3 is 0 Å². The maximum absolute atomic E-state index is 12.0. The molecule has 0 unspecified atom stereocenters. The van der Waals surface area contributed by atoms with Crippen LogP contribution in [0.2, 0.25) is 0 Å². The zero-order chi connectivity index (χ0) is 14.0. The van der Waals surface area contributed by atoms with Crippen LogP contribution in [0, 0.1) is 0 Å². The number of nitrogens with two attached hydrogens (primary N) is 1. The number of hydrogen-bond donors (Lipinski definition) is 2. The largest absolute Gasteiger partial charge is 0.351 e. The number of nitrogens with one attached hydrogen (secondary N) is 1. The molecule has 0 aromatic carbocycles. The standard InChI is InChI=1S/C12H19N3O3S/c1-2-3-6-14-12(16)11-7-10(19(13,17)18)8-15(11)9-4-5-9/h7-9H,2-6H2,1H3,(H,14,16)(H2,13,17,18). The summed E-state index contributed by atoms with van der Waals surface area (Å²) < 4.78 is 24.4. The molecule has 106 valence electrons. The van der Waals surface area contributed by atoms with Crippen LogP contribution < -0.4 is 10.5 Å². The van der Waals surface area contributed by atoms with Crippen molar-refractivity contribution in [3.05, 3.63) is 18.0 Å². The summed E-state index contributed by atoms with van der Waals surface area (Å²) in [5.41, 5.74) is 0.377. The minimum absolute atomic E-state index is 0.0000384. The third-order valence-corrected chi connectivity index (χ3v) is 4.02. The van der Waals surface area contributed by atoms with E-state index in [1.807, 2.05) is 6.92 Å². The number of carbonyl (C=O) groups is 1. The molecule has 1 aliphatic carbocycles. The van der Waals surface area contributed by atoms with Crippen LogP contribution in [-0.4, -0.2) is 25.4 Å². The van der Waals surface area contributed by atoms with Gasteiger partial charge in [0.1, 0.15) is 10.6 Å². The van der Waals surface area contributed by atoms with Crippen molar-refractivity contribution in [2.45, 2.75) is 43.5 Å². The third kappa shape index (κ3) is 3.36. The predicted octanol–water partition coefficient (Wildman–Crippen LogP) is 1.00. The van der Waals surface area contributed by atoms with Crippen LogP contribution in [0.15, 0.2) is 17.2 Å². The van der Waals surface area contributed by atoms with Crippen molar-refractivity contribution >= 4 is 15.9 Å². The summed E-state index contributed by atoms with van der Waals surface area (Å²) in [7, 11) is -3.77. The van der Waals surface area contributed by atoms with Crippen LogP contribution in [0.25, 0.3) is 0 Å². The fourth-order valence-electron chi connectivity index (χ4n) is 1.92. The lowest BCUT2D eigenvalue weighted by Gasteiger charge is -2.07. The first-order chi connectivity index (χ1) is 8.93.